The smallest absolute Gasteiger partial charge is 0.296 e. The van der Waals surface area contributed by atoms with E-state index in [1.165, 1.54) is 18.2 Å². The van der Waals surface area contributed by atoms with Crippen molar-refractivity contribution < 1.29 is 27.6 Å². The molecule has 4 aromatic rings. The van der Waals surface area contributed by atoms with Gasteiger partial charge in [0.2, 0.25) is 0 Å². The summed E-state index contributed by atoms with van der Waals surface area (Å²) >= 11 is 12.3. The van der Waals surface area contributed by atoms with Crippen LogP contribution in [0.2, 0.25) is 10.0 Å². The van der Waals surface area contributed by atoms with Crippen molar-refractivity contribution in [3.8, 4) is 11.5 Å². The van der Waals surface area contributed by atoms with E-state index in [1.54, 1.807) is 56.3 Å². The number of nitrogens with zero attached hydrogens (tertiary/aromatic N) is 2. The van der Waals surface area contributed by atoms with Gasteiger partial charge in [0.1, 0.15) is 22.0 Å². The van der Waals surface area contributed by atoms with Crippen molar-refractivity contribution in [2.75, 3.05) is 11.9 Å². The van der Waals surface area contributed by atoms with Crippen LogP contribution in [0.25, 0.3) is 10.8 Å². The van der Waals surface area contributed by atoms with Gasteiger partial charge in [0.25, 0.3) is 16.0 Å². The van der Waals surface area contributed by atoms with Crippen molar-refractivity contribution in [3.63, 3.8) is 0 Å². The maximum atomic E-state index is 13.3. The quantitative estimate of drug-likeness (QED) is 0.142. The maximum absolute atomic E-state index is 13.3. The zero-order valence-electron chi connectivity index (χ0n) is 20.8. The van der Waals surface area contributed by atoms with Crippen LogP contribution in [0.1, 0.15) is 29.8 Å². The van der Waals surface area contributed by atoms with Crippen molar-refractivity contribution in [2.24, 2.45) is 10.2 Å². The molecule has 202 valence electrons. The van der Waals surface area contributed by atoms with Crippen LogP contribution in [-0.4, -0.2) is 30.6 Å². The first-order valence-electron chi connectivity index (χ1n) is 11.7. The number of carbonyl (C=O) groups excluding carboxylic acids is 1. The number of fused-ring (bicyclic) bond motifs is 1. The molecule has 4 aromatic carbocycles. The average molecular weight is 588 g/mol. The lowest BCUT2D eigenvalue weighted by Gasteiger charge is -2.15. The second-order valence-corrected chi connectivity index (χ2v) is 10.4. The summed E-state index contributed by atoms with van der Waals surface area (Å²) in [5.74, 6) is -0.761. The predicted octanol–water partition coefficient (Wildman–Crippen LogP) is 7.73. The SMILES string of the molecule is CCOc1cccc(Cl)c1NC(=O)c1cc2ccccc2c(N=Nc2ccc(Cl)c(S(=O)(=O)O)c2CC)c1O. The van der Waals surface area contributed by atoms with Gasteiger partial charge in [-0.05, 0) is 49.1 Å². The van der Waals surface area contributed by atoms with Crippen LogP contribution in [0.15, 0.2) is 75.8 Å². The molecule has 9 nitrogen and oxygen atoms in total. The van der Waals surface area contributed by atoms with E-state index in [9.17, 15) is 22.9 Å². The third-order valence-corrected chi connectivity index (χ3v) is 7.53. The number of azo groups is 1. The van der Waals surface area contributed by atoms with Gasteiger partial charge in [-0.3, -0.25) is 9.35 Å². The van der Waals surface area contributed by atoms with E-state index in [0.717, 1.165) is 0 Å². The number of phenols is 1. The van der Waals surface area contributed by atoms with Crippen LogP contribution >= 0.6 is 23.2 Å². The molecule has 4 rings (SSSR count). The van der Waals surface area contributed by atoms with E-state index in [4.69, 9.17) is 27.9 Å². The molecule has 0 aliphatic rings. The number of aromatic hydroxyl groups is 1. The number of hydrogen-bond donors (Lipinski definition) is 3. The molecule has 12 heteroatoms. The van der Waals surface area contributed by atoms with Crippen LogP contribution in [0.3, 0.4) is 0 Å². The fourth-order valence-corrected chi connectivity index (χ4v) is 5.64. The molecule has 0 aliphatic heterocycles. The molecule has 0 spiro atoms. The largest absolute Gasteiger partial charge is 0.505 e. The Kier molecular flexibility index (Phi) is 8.41. The molecule has 0 saturated carbocycles. The Balaban J connectivity index is 1.84. The molecule has 0 unspecified atom stereocenters. The van der Waals surface area contributed by atoms with Crippen LogP contribution in [0, 0.1) is 0 Å². The molecule has 1 amide bonds. The van der Waals surface area contributed by atoms with E-state index < -0.39 is 26.7 Å². The van der Waals surface area contributed by atoms with Gasteiger partial charge in [-0.25, -0.2) is 0 Å². The van der Waals surface area contributed by atoms with Crippen molar-refractivity contribution in [2.45, 2.75) is 25.2 Å². The average Bonchev–Trinajstić information content (AvgIpc) is 2.89. The third-order valence-electron chi connectivity index (χ3n) is 5.81. The van der Waals surface area contributed by atoms with Gasteiger partial charge in [-0.15, -0.1) is 5.11 Å². The Labute approximate surface area is 234 Å². The Bertz CT molecular complexity index is 1720. The van der Waals surface area contributed by atoms with Gasteiger partial charge < -0.3 is 15.2 Å². The number of carbonyl (C=O) groups is 1. The normalized spacial score (nSPS) is 11.7. The van der Waals surface area contributed by atoms with Crippen molar-refractivity contribution in [1.82, 2.24) is 0 Å². The number of benzene rings is 4. The summed E-state index contributed by atoms with van der Waals surface area (Å²) in [6, 6.07) is 16.1. The lowest BCUT2D eigenvalue weighted by Crippen LogP contribution is -2.14. The van der Waals surface area contributed by atoms with Crippen molar-refractivity contribution >= 4 is 67.1 Å². The van der Waals surface area contributed by atoms with E-state index in [-0.39, 0.29) is 44.7 Å². The highest BCUT2D eigenvalue weighted by atomic mass is 35.5. The summed E-state index contributed by atoms with van der Waals surface area (Å²) in [5, 5.41) is 23.4. The number of hydrogen-bond acceptors (Lipinski definition) is 7. The zero-order chi connectivity index (χ0) is 28.3. The molecule has 39 heavy (non-hydrogen) atoms. The number of para-hydroxylation sites is 1. The summed E-state index contributed by atoms with van der Waals surface area (Å²) in [7, 11) is -4.64. The number of ether oxygens (including phenoxy) is 1. The minimum atomic E-state index is -4.64. The number of anilines is 1. The molecule has 0 heterocycles. The lowest BCUT2D eigenvalue weighted by atomic mass is 10.0. The second-order valence-electron chi connectivity index (χ2n) is 8.25. The van der Waals surface area contributed by atoms with Gasteiger partial charge in [0.05, 0.1) is 27.9 Å². The zero-order valence-corrected chi connectivity index (χ0v) is 23.1. The van der Waals surface area contributed by atoms with Crippen LogP contribution in [0.4, 0.5) is 17.1 Å². The molecule has 0 atom stereocenters. The fraction of sp³-hybridized carbons (Fsp3) is 0.148. The first-order valence-corrected chi connectivity index (χ1v) is 13.9. The monoisotopic (exact) mass is 587 g/mol. The Morgan fingerprint density at radius 2 is 1.74 bits per heavy atom. The summed E-state index contributed by atoms with van der Waals surface area (Å²) < 4.78 is 39.1. The topological polar surface area (TPSA) is 138 Å². The fourth-order valence-electron chi connectivity index (χ4n) is 4.08. The number of amides is 1. The first kappa shape index (κ1) is 28.3. The second kappa shape index (κ2) is 11.6. The van der Waals surface area contributed by atoms with Crippen LogP contribution in [0.5, 0.6) is 11.5 Å². The number of nitrogens with one attached hydrogen (secondary N) is 1. The summed E-state index contributed by atoms with van der Waals surface area (Å²) in [4.78, 5) is 12.9. The van der Waals surface area contributed by atoms with Gasteiger partial charge in [-0.2, -0.15) is 13.5 Å². The molecule has 3 N–H and O–H groups in total. The van der Waals surface area contributed by atoms with Crippen molar-refractivity contribution in [3.05, 3.63) is 81.8 Å². The van der Waals surface area contributed by atoms with E-state index in [1.807, 2.05) is 0 Å². The van der Waals surface area contributed by atoms with Gasteiger partial charge in [-0.1, -0.05) is 60.5 Å². The summed E-state index contributed by atoms with van der Waals surface area (Å²) in [6.45, 7) is 3.81. The van der Waals surface area contributed by atoms with Crippen LogP contribution in [-0.2, 0) is 16.5 Å². The third kappa shape index (κ3) is 5.84. The maximum Gasteiger partial charge on any atom is 0.296 e. The molecular formula is C27H23Cl2N3O6S. The molecule has 0 aliphatic carbocycles. The van der Waals surface area contributed by atoms with E-state index in [0.29, 0.717) is 23.1 Å². The van der Waals surface area contributed by atoms with Crippen LogP contribution < -0.4 is 10.1 Å². The number of rotatable bonds is 8. The lowest BCUT2D eigenvalue weighted by molar-refractivity contribution is 0.102. The highest BCUT2D eigenvalue weighted by Crippen LogP contribution is 2.41. The van der Waals surface area contributed by atoms with Gasteiger partial charge in [0, 0.05) is 10.9 Å². The molecule has 0 bridgehead atoms. The molecule has 0 saturated heterocycles. The van der Waals surface area contributed by atoms with Gasteiger partial charge in [0.15, 0.2) is 5.75 Å². The molecular weight excluding hydrogens is 565 g/mol. The highest BCUT2D eigenvalue weighted by molar-refractivity contribution is 7.86. The number of halogens is 2. The summed E-state index contributed by atoms with van der Waals surface area (Å²) in [6.07, 6.45) is 0.166. The standard InChI is InChI=1S/C27H23Cl2N3O6S/c1-3-16-21(13-12-20(29)26(16)39(35,36)37)31-32-23-17-9-6-5-8-15(17)14-18(25(23)33)27(34)30-24-19(28)10-7-11-22(24)38-4-2/h5-14,33H,3-4H2,1-2H3,(H,30,34)(H,35,36,37). The molecule has 0 radical (unpaired) electrons. The van der Waals surface area contributed by atoms with Gasteiger partial charge >= 0.3 is 0 Å². The van der Waals surface area contributed by atoms with E-state index in [2.05, 4.69) is 15.5 Å². The Morgan fingerprint density at radius 3 is 2.44 bits per heavy atom. The Hall–Kier alpha value is -3.70. The molecule has 0 aromatic heterocycles. The summed E-state index contributed by atoms with van der Waals surface area (Å²) in [5.41, 5.74) is 0.385. The van der Waals surface area contributed by atoms with E-state index >= 15 is 0 Å². The highest BCUT2D eigenvalue weighted by Gasteiger charge is 2.23. The number of phenolic OH excluding ortho intramolecular Hbond substituents is 1. The molecule has 0 fully saturated rings. The first-order chi connectivity index (χ1) is 18.6. The Morgan fingerprint density at radius 1 is 1.00 bits per heavy atom. The minimum absolute atomic E-state index is 0.0205. The van der Waals surface area contributed by atoms with Crippen molar-refractivity contribution in [1.29, 1.82) is 0 Å². The predicted molar refractivity (Wildman–Crippen MR) is 151 cm³/mol. The minimum Gasteiger partial charge on any atom is -0.505 e.